The first-order valence-corrected chi connectivity index (χ1v) is 15.0. The Morgan fingerprint density at radius 2 is 1.50 bits per heavy atom. The van der Waals surface area contributed by atoms with Gasteiger partial charge in [0, 0.05) is 0 Å². The van der Waals surface area contributed by atoms with E-state index in [1.165, 1.54) is 10.0 Å². The predicted molar refractivity (Wildman–Crippen MR) is 145 cm³/mol. The number of thioether (sulfide) groups is 2. The van der Waals surface area contributed by atoms with Crippen molar-refractivity contribution in [2.75, 3.05) is 12.5 Å². The Labute approximate surface area is 210 Å². The maximum atomic E-state index is 13.6. The Balaban J connectivity index is 1.97. The Bertz CT molecular complexity index is 1060. The Kier molecular flexibility index (Phi) is 10.2. The molecule has 32 heavy (non-hydrogen) atoms. The summed E-state index contributed by atoms with van der Waals surface area (Å²) in [5, 5.41) is 1.62. The molecule has 0 amide bonds. The molecule has 0 fully saturated rings. The first-order chi connectivity index (χ1) is 15.6. The summed E-state index contributed by atoms with van der Waals surface area (Å²) >= 11 is 9.56. The van der Waals surface area contributed by atoms with Crippen LogP contribution in [0.2, 0.25) is 10.3 Å². The number of halogens is 1. The standard InChI is InChI=1S/C27H25ClOS2Se/c1-30-27(31-2)26(25(29)18-15-20-13-16-22(28)17-14-20)24(21-9-5-3-6-10-21)19-32-23-11-7-4-8-12-23/h3-18,24H,19H2,1-2H3/b18-15+. The normalized spacial score (nSPS) is 12.0. The van der Waals surface area contributed by atoms with Crippen LogP contribution in [0.1, 0.15) is 17.0 Å². The van der Waals surface area contributed by atoms with Crippen molar-refractivity contribution in [3.63, 3.8) is 0 Å². The molecule has 0 aromatic heterocycles. The van der Waals surface area contributed by atoms with E-state index in [9.17, 15) is 4.79 Å². The van der Waals surface area contributed by atoms with Gasteiger partial charge in [0.15, 0.2) is 0 Å². The first-order valence-electron chi connectivity index (χ1n) is 10.1. The van der Waals surface area contributed by atoms with Crippen LogP contribution in [0.4, 0.5) is 0 Å². The van der Waals surface area contributed by atoms with Crippen LogP contribution >= 0.6 is 35.1 Å². The van der Waals surface area contributed by atoms with E-state index in [1.807, 2.05) is 55.0 Å². The number of ketones is 1. The summed E-state index contributed by atoms with van der Waals surface area (Å²) in [6.07, 6.45) is 7.68. The molecule has 1 unspecified atom stereocenters. The average molecular weight is 544 g/mol. The van der Waals surface area contributed by atoms with Crippen LogP contribution in [0.25, 0.3) is 6.08 Å². The topological polar surface area (TPSA) is 17.1 Å². The second-order valence-corrected chi connectivity index (χ2v) is 11.6. The quantitative estimate of drug-likeness (QED) is 0.201. The molecular formula is C27H25ClOS2Se. The van der Waals surface area contributed by atoms with Gasteiger partial charge in [-0.1, -0.05) is 0 Å². The predicted octanol–water partition coefficient (Wildman–Crippen LogP) is 7.09. The van der Waals surface area contributed by atoms with Crippen LogP contribution < -0.4 is 4.46 Å². The molecule has 0 radical (unpaired) electrons. The fourth-order valence-corrected chi connectivity index (χ4v) is 7.24. The third-order valence-electron chi connectivity index (χ3n) is 4.86. The monoisotopic (exact) mass is 544 g/mol. The molecule has 3 aromatic rings. The zero-order chi connectivity index (χ0) is 22.8. The molecule has 3 aromatic carbocycles. The molecular weight excluding hydrogens is 519 g/mol. The van der Waals surface area contributed by atoms with Gasteiger partial charge >= 0.3 is 212 Å². The van der Waals surface area contributed by atoms with E-state index >= 15 is 0 Å². The molecule has 1 atom stereocenters. The second kappa shape index (κ2) is 13.1. The van der Waals surface area contributed by atoms with Crippen LogP contribution in [0, 0.1) is 0 Å². The van der Waals surface area contributed by atoms with Gasteiger partial charge in [-0.25, -0.2) is 0 Å². The molecule has 1 nitrogen and oxygen atoms in total. The van der Waals surface area contributed by atoms with Gasteiger partial charge in [-0.3, -0.25) is 0 Å². The fraction of sp³-hybridized carbons (Fsp3) is 0.148. The van der Waals surface area contributed by atoms with Crippen molar-refractivity contribution in [3.8, 4) is 0 Å². The molecule has 0 aliphatic rings. The van der Waals surface area contributed by atoms with Gasteiger partial charge < -0.3 is 0 Å². The molecule has 0 spiro atoms. The molecule has 3 rings (SSSR count). The molecule has 0 aliphatic heterocycles. The van der Waals surface area contributed by atoms with E-state index in [0.717, 1.165) is 20.7 Å². The van der Waals surface area contributed by atoms with Gasteiger partial charge in [-0.15, -0.1) is 0 Å². The van der Waals surface area contributed by atoms with Gasteiger partial charge in [0.1, 0.15) is 0 Å². The molecule has 164 valence electrons. The summed E-state index contributed by atoms with van der Waals surface area (Å²) in [5.74, 6) is 0.116. The van der Waals surface area contributed by atoms with E-state index in [4.69, 9.17) is 11.6 Å². The number of allylic oxidation sites excluding steroid dienone is 2. The van der Waals surface area contributed by atoms with Crippen LogP contribution in [-0.4, -0.2) is 33.3 Å². The number of carbonyl (C=O) groups is 1. The molecule has 0 saturated heterocycles. The minimum atomic E-state index is 0.0497. The van der Waals surface area contributed by atoms with E-state index in [1.54, 1.807) is 29.6 Å². The average Bonchev–Trinajstić information content (AvgIpc) is 2.84. The van der Waals surface area contributed by atoms with Crippen molar-refractivity contribution < 1.29 is 4.79 Å². The summed E-state index contributed by atoms with van der Waals surface area (Å²) in [6, 6.07) is 28.5. The third-order valence-corrected chi connectivity index (χ3v) is 9.62. The van der Waals surface area contributed by atoms with Crippen molar-refractivity contribution in [2.24, 2.45) is 0 Å². The molecule has 0 saturated carbocycles. The zero-order valence-electron chi connectivity index (χ0n) is 18.0. The van der Waals surface area contributed by atoms with Gasteiger partial charge in [0.05, 0.1) is 0 Å². The summed E-state index contributed by atoms with van der Waals surface area (Å²) in [4.78, 5) is 13.6. The molecule has 0 N–H and O–H groups in total. The summed E-state index contributed by atoms with van der Waals surface area (Å²) in [7, 11) is 0. The maximum absolute atomic E-state index is 13.6. The number of hydrogen-bond donors (Lipinski definition) is 0. The molecule has 5 heteroatoms. The van der Waals surface area contributed by atoms with E-state index in [2.05, 4.69) is 48.5 Å². The van der Waals surface area contributed by atoms with Crippen molar-refractivity contribution in [3.05, 3.63) is 117 Å². The van der Waals surface area contributed by atoms with Gasteiger partial charge in [-0.2, -0.15) is 0 Å². The van der Waals surface area contributed by atoms with Crippen molar-refractivity contribution in [2.45, 2.75) is 11.2 Å². The fourth-order valence-electron chi connectivity index (χ4n) is 3.28. The summed E-state index contributed by atoms with van der Waals surface area (Å²) in [6.45, 7) is 0. The number of benzene rings is 3. The minimum absolute atomic E-state index is 0.0497. The first kappa shape index (κ1) is 25.0. The van der Waals surface area contributed by atoms with E-state index in [0.29, 0.717) is 5.02 Å². The van der Waals surface area contributed by atoms with Gasteiger partial charge in [0.25, 0.3) is 0 Å². The van der Waals surface area contributed by atoms with Crippen molar-refractivity contribution in [1.29, 1.82) is 0 Å². The number of carbonyl (C=O) groups excluding carboxylic acids is 1. The van der Waals surface area contributed by atoms with Crippen molar-refractivity contribution in [1.82, 2.24) is 0 Å². The second-order valence-electron chi connectivity index (χ2n) is 6.95. The van der Waals surface area contributed by atoms with Crippen molar-refractivity contribution >= 4 is 66.4 Å². The SMILES string of the molecule is CSC(SC)=C(C(=O)/C=C/c1ccc(Cl)cc1)C(C[Se]c1ccccc1)c1ccccc1. The number of rotatable bonds is 10. The number of hydrogen-bond acceptors (Lipinski definition) is 3. The Morgan fingerprint density at radius 1 is 0.906 bits per heavy atom. The van der Waals surface area contributed by atoms with Crippen LogP contribution in [0.5, 0.6) is 0 Å². The molecule has 0 bridgehead atoms. The van der Waals surface area contributed by atoms with E-state index < -0.39 is 0 Å². The van der Waals surface area contributed by atoms with Gasteiger partial charge in [-0.05, 0) is 0 Å². The molecule has 0 aliphatic carbocycles. The Morgan fingerprint density at radius 3 is 2.09 bits per heavy atom. The summed E-state index contributed by atoms with van der Waals surface area (Å²) in [5.41, 5.74) is 3.04. The third kappa shape index (κ3) is 7.16. The van der Waals surface area contributed by atoms with Gasteiger partial charge in [0.2, 0.25) is 0 Å². The van der Waals surface area contributed by atoms with Crippen LogP contribution in [0.15, 0.2) is 101 Å². The Hall–Kier alpha value is -1.68. The van der Waals surface area contributed by atoms with E-state index in [-0.39, 0.29) is 26.7 Å². The molecule has 0 heterocycles. The zero-order valence-corrected chi connectivity index (χ0v) is 22.1. The van der Waals surface area contributed by atoms with Crippen LogP contribution in [0.3, 0.4) is 0 Å². The van der Waals surface area contributed by atoms with Crippen LogP contribution in [-0.2, 0) is 4.79 Å². The summed E-state index contributed by atoms with van der Waals surface area (Å²) < 4.78 is 2.42.